The van der Waals surface area contributed by atoms with E-state index in [1.807, 2.05) is 36.4 Å². The predicted molar refractivity (Wildman–Crippen MR) is 110 cm³/mol. The fourth-order valence-electron chi connectivity index (χ4n) is 3.79. The zero-order valence-electron chi connectivity index (χ0n) is 15.1. The summed E-state index contributed by atoms with van der Waals surface area (Å²) in [4.78, 5) is 6.61. The van der Waals surface area contributed by atoms with Crippen LogP contribution in [0.5, 0.6) is 0 Å². The second-order valence-electron chi connectivity index (χ2n) is 6.61. The second kappa shape index (κ2) is 7.50. The molecule has 0 bridgehead atoms. The molecular weight excluding hydrogens is 356 g/mol. The number of aliphatic hydroxyl groups is 1. The van der Waals surface area contributed by atoms with Gasteiger partial charge in [-0.05, 0) is 55.5 Å². The number of para-hydroxylation sites is 1. The lowest BCUT2D eigenvalue weighted by Crippen LogP contribution is -2.33. The third-order valence-electron chi connectivity index (χ3n) is 4.96. The first-order valence-electron chi connectivity index (χ1n) is 9.03. The largest absolute Gasteiger partial charge is 0.395 e. The maximum absolute atomic E-state index is 9.61. The molecule has 6 heteroatoms. The number of hydrogen-bond acceptors (Lipinski definition) is 3. The number of benzene rings is 1. The average molecular weight is 379 g/mol. The number of pyridine rings is 1. The van der Waals surface area contributed by atoms with E-state index in [9.17, 15) is 5.11 Å². The Labute approximate surface area is 164 Å². The topological polar surface area (TPSA) is 53.3 Å². The molecule has 1 aliphatic heterocycles. The third-order valence-corrected chi connectivity index (χ3v) is 5.31. The van der Waals surface area contributed by atoms with Gasteiger partial charge in [0, 0.05) is 29.8 Å². The standard InChI is InChI=1S/C21H22N4OS/c1-15-10-11-18(25(15)16-7-3-2-4-8-16)20-19(17-9-5-6-12-22-17)23-21(27)24(20)13-14-26/h2-12,19-20,26H,13-14H2,1H3,(H,23,27)/t19-,20+/m1/s1. The zero-order chi connectivity index (χ0) is 18.8. The number of nitrogens with zero attached hydrogens (tertiary/aromatic N) is 3. The fourth-order valence-corrected chi connectivity index (χ4v) is 4.13. The van der Waals surface area contributed by atoms with Gasteiger partial charge in [-0.25, -0.2) is 0 Å². The van der Waals surface area contributed by atoms with Gasteiger partial charge in [0.05, 0.1) is 24.4 Å². The van der Waals surface area contributed by atoms with Crippen LogP contribution in [0.25, 0.3) is 5.69 Å². The molecule has 5 nitrogen and oxygen atoms in total. The Hall–Kier alpha value is -2.70. The molecule has 2 aromatic heterocycles. The SMILES string of the molecule is Cc1ccc([C@H]2[C@@H](c3ccccn3)NC(=S)N2CCO)n1-c1ccccc1. The van der Waals surface area contributed by atoms with Gasteiger partial charge in [-0.1, -0.05) is 24.3 Å². The van der Waals surface area contributed by atoms with Crippen LogP contribution in [0.1, 0.15) is 29.2 Å². The smallest absolute Gasteiger partial charge is 0.170 e. The van der Waals surface area contributed by atoms with Crippen LogP contribution in [-0.2, 0) is 0 Å². The molecule has 2 N–H and O–H groups in total. The minimum atomic E-state index is -0.0815. The van der Waals surface area contributed by atoms with Crippen molar-refractivity contribution >= 4 is 17.3 Å². The van der Waals surface area contributed by atoms with Gasteiger partial charge < -0.3 is 19.9 Å². The molecule has 0 saturated carbocycles. The maximum Gasteiger partial charge on any atom is 0.170 e. The maximum atomic E-state index is 9.61. The van der Waals surface area contributed by atoms with Crippen LogP contribution in [-0.4, -0.2) is 37.8 Å². The first kappa shape index (κ1) is 17.7. The van der Waals surface area contributed by atoms with Crippen molar-refractivity contribution < 1.29 is 5.11 Å². The van der Waals surface area contributed by atoms with Gasteiger partial charge in [0.15, 0.2) is 5.11 Å². The number of aryl methyl sites for hydroxylation is 1. The van der Waals surface area contributed by atoms with Crippen molar-refractivity contribution in [3.8, 4) is 5.69 Å². The Morgan fingerprint density at radius 2 is 1.85 bits per heavy atom. The normalized spacial score (nSPS) is 19.3. The van der Waals surface area contributed by atoms with Gasteiger partial charge in [-0.15, -0.1) is 0 Å². The number of β-amino-alcohol motifs (C(OH)–C–C–N with tert-alkyl or cyclic N) is 1. The Bertz CT molecular complexity index is 926. The summed E-state index contributed by atoms with van der Waals surface area (Å²) in [5.74, 6) is 0. The van der Waals surface area contributed by atoms with Gasteiger partial charge in [0.2, 0.25) is 0 Å². The minimum absolute atomic E-state index is 0.0400. The highest BCUT2D eigenvalue weighted by atomic mass is 32.1. The summed E-state index contributed by atoms with van der Waals surface area (Å²) in [6.07, 6.45) is 1.80. The highest BCUT2D eigenvalue weighted by molar-refractivity contribution is 7.80. The number of hydrogen-bond donors (Lipinski definition) is 2. The van der Waals surface area contributed by atoms with Crippen LogP contribution in [0, 0.1) is 6.92 Å². The van der Waals surface area contributed by atoms with E-state index in [-0.39, 0.29) is 18.7 Å². The molecule has 0 unspecified atom stereocenters. The molecule has 0 radical (unpaired) electrons. The quantitative estimate of drug-likeness (QED) is 0.668. The average Bonchev–Trinajstić information content (AvgIpc) is 3.23. The molecule has 1 fully saturated rings. The lowest BCUT2D eigenvalue weighted by Gasteiger charge is -2.28. The first-order valence-corrected chi connectivity index (χ1v) is 9.44. The Morgan fingerprint density at radius 3 is 2.56 bits per heavy atom. The Morgan fingerprint density at radius 1 is 1.07 bits per heavy atom. The van der Waals surface area contributed by atoms with E-state index in [0.717, 1.165) is 22.8 Å². The lowest BCUT2D eigenvalue weighted by molar-refractivity contribution is 0.220. The molecule has 3 heterocycles. The fraction of sp³-hybridized carbons (Fsp3) is 0.238. The number of aliphatic hydroxyl groups excluding tert-OH is 1. The molecule has 4 rings (SSSR count). The number of rotatable bonds is 5. The van der Waals surface area contributed by atoms with E-state index in [1.54, 1.807) is 6.20 Å². The van der Waals surface area contributed by atoms with Gasteiger partial charge in [0.25, 0.3) is 0 Å². The summed E-state index contributed by atoms with van der Waals surface area (Å²) in [5, 5.41) is 13.7. The van der Waals surface area contributed by atoms with Gasteiger partial charge in [0.1, 0.15) is 0 Å². The van der Waals surface area contributed by atoms with Crippen molar-refractivity contribution in [1.29, 1.82) is 0 Å². The summed E-state index contributed by atoms with van der Waals surface area (Å²) < 4.78 is 2.25. The van der Waals surface area contributed by atoms with Crippen molar-refractivity contribution in [3.63, 3.8) is 0 Å². The summed E-state index contributed by atoms with van der Waals surface area (Å²) >= 11 is 5.59. The van der Waals surface area contributed by atoms with Crippen molar-refractivity contribution in [1.82, 2.24) is 19.8 Å². The molecule has 0 spiro atoms. The molecule has 1 aromatic carbocycles. The molecule has 0 aliphatic carbocycles. The van der Waals surface area contributed by atoms with E-state index in [1.165, 1.54) is 0 Å². The number of nitrogens with one attached hydrogen (secondary N) is 1. The predicted octanol–water partition coefficient (Wildman–Crippen LogP) is 3.15. The van der Waals surface area contributed by atoms with Crippen molar-refractivity contribution in [2.45, 2.75) is 19.0 Å². The van der Waals surface area contributed by atoms with Crippen LogP contribution in [0.4, 0.5) is 0 Å². The molecule has 138 valence electrons. The molecule has 1 aliphatic rings. The molecule has 3 aromatic rings. The summed E-state index contributed by atoms with van der Waals surface area (Å²) in [7, 11) is 0. The van der Waals surface area contributed by atoms with Gasteiger partial charge >= 0.3 is 0 Å². The molecule has 27 heavy (non-hydrogen) atoms. The zero-order valence-corrected chi connectivity index (χ0v) is 15.9. The van der Waals surface area contributed by atoms with Crippen molar-refractivity contribution in [3.05, 3.63) is 83.9 Å². The highest BCUT2D eigenvalue weighted by Gasteiger charge is 2.41. The van der Waals surface area contributed by atoms with Crippen molar-refractivity contribution in [2.24, 2.45) is 0 Å². The van der Waals surface area contributed by atoms with Crippen LogP contribution in [0.15, 0.2) is 66.9 Å². The van der Waals surface area contributed by atoms with Crippen LogP contribution in [0.2, 0.25) is 0 Å². The first-order chi connectivity index (χ1) is 13.2. The molecule has 0 amide bonds. The van der Waals surface area contributed by atoms with E-state index >= 15 is 0 Å². The van der Waals surface area contributed by atoms with E-state index in [2.05, 4.69) is 51.0 Å². The lowest BCUT2D eigenvalue weighted by atomic mass is 10.0. The summed E-state index contributed by atoms with van der Waals surface area (Å²) in [6.45, 7) is 2.61. The number of thiocarbonyl (C=S) groups is 1. The van der Waals surface area contributed by atoms with Gasteiger partial charge in [-0.2, -0.15) is 0 Å². The summed E-state index contributed by atoms with van der Waals surface area (Å²) in [5.41, 5.74) is 4.31. The van der Waals surface area contributed by atoms with Gasteiger partial charge in [-0.3, -0.25) is 4.98 Å². The highest BCUT2D eigenvalue weighted by Crippen LogP contribution is 2.39. The monoisotopic (exact) mass is 378 g/mol. The van der Waals surface area contributed by atoms with E-state index in [4.69, 9.17) is 12.2 Å². The second-order valence-corrected chi connectivity index (χ2v) is 7.00. The van der Waals surface area contributed by atoms with E-state index in [0.29, 0.717) is 11.7 Å². The minimum Gasteiger partial charge on any atom is -0.395 e. The third kappa shape index (κ3) is 3.22. The van der Waals surface area contributed by atoms with E-state index < -0.39 is 0 Å². The molecular formula is C21H22N4OS. The molecule has 1 saturated heterocycles. The van der Waals surface area contributed by atoms with Crippen LogP contribution >= 0.6 is 12.2 Å². The molecule has 2 atom stereocenters. The van der Waals surface area contributed by atoms with Crippen LogP contribution in [0.3, 0.4) is 0 Å². The van der Waals surface area contributed by atoms with Crippen LogP contribution < -0.4 is 5.32 Å². The number of aromatic nitrogens is 2. The Balaban J connectivity index is 1.85. The summed E-state index contributed by atoms with van der Waals surface area (Å²) in [6, 6.07) is 20.3. The van der Waals surface area contributed by atoms with Crippen molar-refractivity contribution in [2.75, 3.05) is 13.2 Å². The Kier molecular flexibility index (Phi) is 4.92.